The number of nitrogens with one attached hydrogen (secondary N) is 1. The maximum absolute atomic E-state index is 5.24. The van der Waals surface area contributed by atoms with Crippen molar-refractivity contribution in [2.75, 3.05) is 14.2 Å². The van der Waals surface area contributed by atoms with Crippen LogP contribution in [0.3, 0.4) is 0 Å². The molecule has 0 aliphatic rings. The molecule has 0 heterocycles. The number of ether oxygens (including phenoxy) is 2. The molecule has 0 saturated carbocycles. The van der Waals surface area contributed by atoms with Gasteiger partial charge in [-0.1, -0.05) is 0 Å². The van der Waals surface area contributed by atoms with Gasteiger partial charge in [0.15, 0.2) is 0 Å². The summed E-state index contributed by atoms with van der Waals surface area (Å²) in [5.74, 6) is 6.70. The Hall–Kier alpha value is -0.780. The third-order valence-electron chi connectivity index (χ3n) is 1.81. The van der Waals surface area contributed by atoms with Crippen molar-refractivity contribution in [2.45, 2.75) is 6.54 Å². The van der Waals surface area contributed by atoms with E-state index in [2.05, 4.69) is 21.4 Å². The topological polar surface area (TPSA) is 56.5 Å². The van der Waals surface area contributed by atoms with Crippen LogP contribution in [-0.2, 0) is 6.54 Å². The molecule has 0 atom stereocenters. The first-order valence-corrected chi connectivity index (χ1v) is 4.86. The van der Waals surface area contributed by atoms with E-state index in [0.29, 0.717) is 6.54 Å². The van der Waals surface area contributed by atoms with Crippen molar-refractivity contribution >= 4 is 15.9 Å². The Labute approximate surface area is 91.5 Å². The van der Waals surface area contributed by atoms with Crippen molar-refractivity contribution < 1.29 is 9.47 Å². The predicted molar refractivity (Wildman–Crippen MR) is 58.3 cm³/mol. The highest BCUT2D eigenvalue weighted by Crippen LogP contribution is 2.35. The fourth-order valence-corrected chi connectivity index (χ4v) is 1.70. The van der Waals surface area contributed by atoms with Gasteiger partial charge in [-0.15, -0.1) is 0 Å². The molecule has 0 aliphatic heterocycles. The third kappa shape index (κ3) is 2.37. The van der Waals surface area contributed by atoms with E-state index < -0.39 is 0 Å². The van der Waals surface area contributed by atoms with Gasteiger partial charge in [-0.05, 0) is 33.6 Å². The van der Waals surface area contributed by atoms with Crippen LogP contribution in [-0.4, -0.2) is 14.2 Å². The second-order valence-electron chi connectivity index (χ2n) is 2.70. The summed E-state index contributed by atoms with van der Waals surface area (Å²) in [6, 6.07) is 3.79. The zero-order valence-corrected chi connectivity index (χ0v) is 9.72. The van der Waals surface area contributed by atoms with Gasteiger partial charge < -0.3 is 9.47 Å². The van der Waals surface area contributed by atoms with Crippen LogP contribution in [0.1, 0.15) is 5.56 Å². The first-order valence-electron chi connectivity index (χ1n) is 4.06. The maximum atomic E-state index is 5.24. The Kier molecular flexibility index (Phi) is 4.19. The molecule has 4 nitrogen and oxygen atoms in total. The minimum Gasteiger partial charge on any atom is -0.495 e. The van der Waals surface area contributed by atoms with Gasteiger partial charge >= 0.3 is 0 Å². The molecule has 0 spiro atoms. The van der Waals surface area contributed by atoms with Gasteiger partial charge in [0, 0.05) is 6.54 Å². The van der Waals surface area contributed by atoms with Crippen LogP contribution in [0.5, 0.6) is 11.5 Å². The van der Waals surface area contributed by atoms with E-state index in [1.54, 1.807) is 14.2 Å². The number of hydrogen-bond acceptors (Lipinski definition) is 4. The van der Waals surface area contributed by atoms with Crippen LogP contribution < -0.4 is 20.7 Å². The molecule has 0 aliphatic carbocycles. The number of rotatable bonds is 4. The molecule has 78 valence electrons. The minimum absolute atomic E-state index is 0.569. The second kappa shape index (κ2) is 5.19. The monoisotopic (exact) mass is 260 g/mol. The van der Waals surface area contributed by atoms with Crippen LogP contribution in [0.15, 0.2) is 16.6 Å². The second-order valence-corrected chi connectivity index (χ2v) is 3.49. The highest BCUT2D eigenvalue weighted by Gasteiger charge is 2.08. The Morgan fingerprint density at radius 1 is 1.29 bits per heavy atom. The summed E-state index contributed by atoms with van der Waals surface area (Å²) in [6.07, 6.45) is 0. The smallest absolute Gasteiger partial charge is 0.137 e. The van der Waals surface area contributed by atoms with Crippen LogP contribution >= 0.6 is 15.9 Å². The predicted octanol–water partition coefficient (Wildman–Crippen LogP) is 1.43. The fourth-order valence-electron chi connectivity index (χ4n) is 1.14. The van der Waals surface area contributed by atoms with Gasteiger partial charge in [0.1, 0.15) is 16.0 Å². The highest BCUT2D eigenvalue weighted by atomic mass is 79.9. The SMILES string of the molecule is COc1cc(CNN)cc(OC)c1Br. The van der Waals surface area contributed by atoms with Crippen molar-refractivity contribution in [3.05, 3.63) is 22.2 Å². The quantitative estimate of drug-likeness (QED) is 0.636. The molecule has 1 aromatic rings. The summed E-state index contributed by atoms with van der Waals surface area (Å²) in [4.78, 5) is 0. The van der Waals surface area contributed by atoms with Crippen LogP contribution in [0.25, 0.3) is 0 Å². The molecule has 1 aromatic carbocycles. The first-order chi connectivity index (χ1) is 6.72. The van der Waals surface area contributed by atoms with Crippen LogP contribution in [0, 0.1) is 0 Å². The summed E-state index contributed by atoms with van der Waals surface area (Å²) >= 11 is 3.39. The Balaban J connectivity index is 3.11. The normalized spacial score (nSPS) is 10.0. The molecule has 0 unspecified atom stereocenters. The summed E-state index contributed by atoms with van der Waals surface area (Å²) in [5.41, 5.74) is 3.58. The minimum atomic E-state index is 0.569. The zero-order chi connectivity index (χ0) is 10.6. The summed E-state index contributed by atoms with van der Waals surface area (Å²) in [5, 5.41) is 0. The molecule has 1 rings (SSSR count). The van der Waals surface area contributed by atoms with Crippen LogP contribution in [0.4, 0.5) is 0 Å². The van der Waals surface area contributed by atoms with Crippen LogP contribution in [0.2, 0.25) is 0 Å². The Morgan fingerprint density at radius 2 is 1.79 bits per heavy atom. The molecule has 0 aromatic heterocycles. The van der Waals surface area contributed by atoms with Gasteiger partial charge in [-0.3, -0.25) is 11.3 Å². The van der Waals surface area contributed by atoms with E-state index in [1.807, 2.05) is 12.1 Å². The summed E-state index contributed by atoms with van der Waals surface area (Å²) < 4.78 is 11.2. The summed E-state index contributed by atoms with van der Waals surface area (Å²) in [7, 11) is 3.22. The molecule has 0 radical (unpaired) electrons. The molecular formula is C9H13BrN2O2. The zero-order valence-electron chi connectivity index (χ0n) is 8.13. The molecule has 0 fully saturated rings. The third-order valence-corrected chi connectivity index (χ3v) is 2.59. The van der Waals surface area contributed by atoms with E-state index in [9.17, 15) is 0 Å². The molecule has 3 N–H and O–H groups in total. The van der Waals surface area contributed by atoms with Crippen molar-refractivity contribution in [3.8, 4) is 11.5 Å². The lowest BCUT2D eigenvalue weighted by Crippen LogP contribution is -2.20. The molecule has 0 bridgehead atoms. The lowest BCUT2D eigenvalue weighted by Gasteiger charge is -2.11. The van der Waals surface area contributed by atoms with Gasteiger partial charge in [-0.2, -0.15) is 0 Å². The number of methoxy groups -OCH3 is 2. The van der Waals surface area contributed by atoms with Gasteiger partial charge in [0.25, 0.3) is 0 Å². The Morgan fingerprint density at radius 3 is 2.14 bits per heavy atom. The average molecular weight is 261 g/mol. The highest BCUT2D eigenvalue weighted by molar-refractivity contribution is 9.10. The van der Waals surface area contributed by atoms with Gasteiger partial charge in [0.05, 0.1) is 14.2 Å². The number of hydrogen-bond donors (Lipinski definition) is 2. The van der Waals surface area contributed by atoms with E-state index >= 15 is 0 Å². The van der Waals surface area contributed by atoms with E-state index in [0.717, 1.165) is 21.5 Å². The molecule has 14 heavy (non-hydrogen) atoms. The number of hydrazine groups is 1. The molecule has 5 heteroatoms. The van der Waals surface area contributed by atoms with Gasteiger partial charge in [-0.25, -0.2) is 0 Å². The van der Waals surface area contributed by atoms with Crippen molar-refractivity contribution in [2.24, 2.45) is 5.84 Å². The van der Waals surface area contributed by atoms with Crippen molar-refractivity contribution in [3.63, 3.8) is 0 Å². The fraction of sp³-hybridized carbons (Fsp3) is 0.333. The van der Waals surface area contributed by atoms with E-state index in [-0.39, 0.29) is 0 Å². The van der Waals surface area contributed by atoms with Gasteiger partial charge in [0.2, 0.25) is 0 Å². The molecule has 0 saturated heterocycles. The standard InChI is InChI=1S/C9H13BrN2O2/c1-13-7-3-6(5-12-11)4-8(14-2)9(7)10/h3-4,12H,5,11H2,1-2H3. The number of halogens is 1. The molecular weight excluding hydrogens is 248 g/mol. The van der Waals surface area contributed by atoms with Crippen molar-refractivity contribution in [1.82, 2.24) is 5.43 Å². The Bertz CT molecular complexity index is 293. The number of nitrogens with two attached hydrogens (primary N) is 1. The molecule has 0 amide bonds. The largest absolute Gasteiger partial charge is 0.495 e. The first kappa shape index (κ1) is 11.3. The van der Waals surface area contributed by atoms with Crippen molar-refractivity contribution in [1.29, 1.82) is 0 Å². The summed E-state index contributed by atoms with van der Waals surface area (Å²) in [6.45, 7) is 0.569. The lowest BCUT2D eigenvalue weighted by atomic mass is 10.2. The van der Waals surface area contributed by atoms with E-state index in [4.69, 9.17) is 15.3 Å². The maximum Gasteiger partial charge on any atom is 0.137 e. The lowest BCUT2D eigenvalue weighted by molar-refractivity contribution is 0.388. The van der Waals surface area contributed by atoms with E-state index in [1.165, 1.54) is 0 Å². The number of benzene rings is 1. The average Bonchev–Trinajstić information content (AvgIpc) is 2.20.